The lowest BCUT2D eigenvalue weighted by molar-refractivity contribution is -0.143. The van der Waals surface area contributed by atoms with E-state index < -0.39 is 0 Å². The zero-order valence-corrected chi connectivity index (χ0v) is 26.1. The van der Waals surface area contributed by atoms with Gasteiger partial charge in [0, 0.05) is 29.8 Å². The van der Waals surface area contributed by atoms with E-state index in [0.717, 1.165) is 39.4 Å². The van der Waals surface area contributed by atoms with Crippen molar-refractivity contribution in [1.82, 2.24) is 9.78 Å². The highest BCUT2D eigenvalue weighted by Gasteiger charge is 2.15. The van der Waals surface area contributed by atoms with E-state index in [4.69, 9.17) is 14.6 Å². The first-order valence-electron chi connectivity index (χ1n) is 15.5. The van der Waals surface area contributed by atoms with Gasteiger partial charge in [-0.1, -0.05) is 86.6 Å². The van der Waals surface area contributed by atoms with Gasteiger partial charge in [0.1, 0.15) is 11.6 Å². The van der Waals surface area contributed by atoms with Crippen molar-refractivity contribution in [3.05, 3.63) is 126 Å². The molecule has 1 N–H and O–H groups in total. The van der Waals surface area contributed by atoms with Gasteiger partial charge in [-0.3, -0.25) is 9.48 Å². The molecular weight excluding hydrogens is 565 g/mol. The molecule has 0 saturated heterocycles. The van der Waals surface area contributed by atoms with E-state index in [-0.39, 0.29) is 18.2 Å². The molecule has 6 nitrogen and oxygen atoms in total. The summed E-state index contributed by atoms with van der Waals surface area (Å²) in [5.41, 5.74) is 7.27. The molecule has 5 rings (SSSR count). The molecule has 232 valence electrons. The molecule has 0 saturated carbocycles. The van der Waals surface area contributed by atoms with Gasteiger partial charge in [0.15, 0.2) is 0 Å². The molecule has 0 unspecified atom stereocenters. The number of nitrogens with zero attached hydrogens (tertiary/aromatic N) is 2. The van der Waals surface area contributed by atoms with E-state index >= 15 is 0 Å². The van der Waals surface area contributed by atoms with Crippen molar-refractivity contribution in [2.45, 2.75) is 46.7 Å². The summed E-state index contributed by atoms with van der Waals surface area (Å²) in [6, 6.07) is 33.8. The molecule has 0 fully saturated rings. The molecule has 1 aromatic heterocycles. The number of anilines is 1. The number of benzene rings is 4. The molecule has 4 aromatic carbocycles. The maximum atomic E-state index is 14.8. The predicted molar refractivity (Wildman–Crippen MR) is 178 cm³/mol. The molecule has 5 aromatic rings. The number of hydrogen-bond donors (Lipinski definition) is 1. The second-order valence-electron chi connectivity index (χ2n) is 11.4. The Bertz CT molecular complexity index is 1700. The lowest BCUT2D eigenvalue weighted by atomic mass is 10.1. The van der Waals surface area contributed by atoms with E-state index in [1.807, 2.05) is 59.3 Å². The van der Waals surface area contributed by atoms with E-state index in [1.165, 1.54) is 6.07 Å². The highest BCUT2D eigenvalue weighted by atomic mass is 19.1. The van der Waals surface area contributed by atoms with Crippen molar-refractivity contribution in [1.29, 1.82) is 0 Å². The molecule has 0 aliphatic rings. The third-order valence-electron chi connectivity index (χ3n) is 7.39. The zero-order valence-electron chi connectivity index (χ0n) is 26.1. The minimum atomic E-state index is -0.344. The van der Waals surface area contributed by atoms with Gasteiger partial charge in [-0.2, -0.15) is 5.10 Å². The quantitative estimate of drug-likeness (QED) is 0.129. The van der Waals surface area contributed by atoms with Crippen molar-refractivity contribution in [3.8, 4) is 28.3 Å². The van der Waals surface area contributed by atoms with Crippen molar-refractivity contribution in [3.63, 3.8) is 0 Å². The van der Waals surface area contributed by atoms with E-state index in [9.17, 15) is 9.18 Å². The fraction of sp³-hybridized carbons (Fsp3) is 0.263. The molecule has 0 radical (unpaired) electrons. The summed E-state index contributed by atoms with van der Waals surface area (Å²) >= 11 is 0. The second kappa shape index (κ2) is 15.2. The first kappa shape index (κ1) is 31.5. The van der Waals surface area contributed by atoms with Crippen LogP contribution in [-0.4, -0.2) is 29.0 Å². The third-order valence-corrected chi connectivity index (χ3v) is 7.39. The lowest BCUT2D eigenvalue weighted by Gasteiger charge is -2.17. The molecule has 45 heavy (non-hydrogen) atoms. The predicted octanol–water partition coefficient (Wildman–Crippen LogP) is 8.55. The number of carbonyl (C=O) groups excluding carboxylic acids is 1. The van der Waals surface area contributed by atoms with E-state index in [0.29, 0.717) is 49.9 Å². The maximum absolute atomic E-state index is 14.8. The number of halogens is 1. The summed E-state index contributed by atoms with van der Waals surface area (Å²) in [5, 5.41) is 8.38. The molecular formula is C38H40FN3O3. The minimum absolute atomic E-state index is 0.153. The summed E-state index contributed by atoms with van der Waals surface area (Å²) in [7, 11) is 0. The van der Waals surface area contributed by atoms with Crippen LogP contribution in [0.5, 0.6) is 5.75 Å². The van der Waals surface area contributed by atoms with Crippen LogP contribution in [0.1, 0.15) is 43.9 Å². The summed E-state index contributed by atoms with van der Waals surface area (Å²) in [4.78, 5) is 11.7. The number of ether oxygens (including phenoxy) is 2. The Balaban J connectivity index is 1.38. The van der Waals surface area contributed by atoms with Gasteiger partial charge in [-0.05, 0) is 66.3 Å². The number of rotatable bonds is 14. The molecule has 0 aliphatic carbocycles. The van der Waals surface area contributed by atoms with Gasteiger partial charge < -0.3 is 14.8 Å². The van der Waals surface area contributed by atoms with Crippen LogP contribution in [0.4, 0.5) is 10.1 Å². The van der Waals surface area contributed by atoms with Gasteiger partial charge >= 0.3 is 5.97 Å². The third kappa shape index (κ3) is 8.60. The van der Waals surface area contributed by atoms with Crippen LogP contribution < -0.4 is 10.1 Å². The van der Waals surface area contributed by atoms with Crippen LogP contribution in [0.15, 0.2) is 103 Å². The smallest absolute Gasteiger partial charge is 0.306 e. The second-order valence-corrected chi connectivity index (χ2v) is 11.4. The number of nitrogens with one attached hydrogen (secondary N) is 1. The standard InChI is InChI=1S/C38H40FN3O3/c1-4-44-38(43)20-17-29-16-18-33(22-34(29)39)40-24-28-15-19-37(45-26-27(2)3)32(21-28)25-42-36(31-13-9-6-10-14-31)23-35(41-42)30-11-7-5-8-12-30/h5-16,18-19,21-23,27,40H,4,17,20,24-26H2,1-3H3. The van der Waals surface area contributed by atoms with Crippen LogP contribution >= 0.6 is 0 Å². The molecule has 1 heterocycles. The largest absolute Gasteiger partial charge is 0.493 e. The average Bonchev–Trinajstić information content (AvgIpc) is 3.47. The summed E-state index contributed by atoms with van der Waals surface area (Å²) in [5.74, 6) is 0.533. The summed E-state index contributed by atoms with van der Waals surface area (Å²) in [6.07, 6.45) is 0.456. The highest BCUT2D eigenvalue weighted by Crippen LogP contribution is 2.29. The average molecular weight is 606 g/mol. The van der Waals surface area contributed by atoms with E-state index in [1.54, 1.807) is 13.0 Å². The van der Waals surface area contributed by atoms with Crippen molar-refractivity contribution >= 4 is 11.7 Å². The summed E-state index contributed by atoms with van der Waals surface area (Å²) < 4.78 is 28.1. The fourth-order valence-corrected chi connectivity index (χ4v) is 5.09. The van der Waals surface area contributed by atoms with Crippen LogP contribution in [0.25, 0.3) is 22.5 Å². The van der Waals surface area contributed by atoms with Gasteiger partial charge in [-0.15, -0.1) is 0 Å². The lowest BCUT2D eigenvalue weighted by Crippen LogP contribution is -2.10. The van der Waals surface area contributed by atoms with Crippen LogP contribution in [-0.2, 0) is 29.0 Å². The van der Waals surface area contributed by atoms with Crippen molar-refractivity contribution in [2.24, 2.45) is 5.92 Å². The number of carbonyl (C=O) groups is 1. The molecule has 0 bridgehead atoms. The Labute approximate surface area is 264 Å². The number of esters is 1. The Morgan fingerprint density at radius 1 is 0.889 bits per heavy atom. The monoisotopic (exact) mass is 605 g/mol. The zero-order chi connectivity index (χ0) is 31.6. The van der Waals surface area contributed by atoms with Gasteiger partial charge in [0.05, 0.1) is 31.1 Å². The van der Waals surface area contributed by atoms with Gasteiger partial charge in [-0.25, -0.2) is 4.39 Å². The first-order valence-corrected chi connectivity index (χ1v) is 15.5. The Kier molecular flexibility index (Phi) is 10.6. The first-order chi connectivity index (χ1) is 21.9. The van der Waals surface area contributed by atoms with Crippen LogP contribution in [0.2, 0.25) is 0 Å². The number of hydrogen-bond acceptors (Lipinski definition) is 5. The van der Waals surface area contributed by atoms with Crippen LogP contribution in [0.3, 0.4) is 0 Å². The molecule has 0 aliphatic heterocycles. The summed E-state index contributed by atoms with van der Waals surface area (Å²) in [6.45, 7) is 7.96. The molecule has 7 heteroatoms. The molecule has 0 spiro atoms. The fourth-order valence-electron chi connectivity index (χ4n) is 5.09. The van der Waals surface area contributed by atoms with Crippen LogP contribution in [0, 0.1) is 11.7 Å². The Morgan fingerprint density at radius 2 is 1.62 bits per heavy atom. The van der Waals surface area contributed by atoms with Crippen molar-refractivity contribution < 1.29 is 18.7 Å². The molecule has 0 atom stereocenters. The molecule has 0 amide bonds. The highest BCUT2D eigenvalue weighted by molar-refractivity contribution is 5.70. The Hall–Kier alpha value is -4.91. The normalized spacial score (nSPS) is 11.0. The maximum Gasteiger partial charge on any atom is 0.306 e. The van der Waals surface area contributed by atoms with Gasteiger partial charge in [0.25, 0.3) is 0 Å². The Morgan fingerprint density at radius 3 is 2.31 bits per heavy atom. The van der Waals surface area contributed by atoms with Crippen molar-refractivity contribution in [2.75, 3.05) is 18.5 Å². The SMILES string of the molecule is CCOC(=O)CCc1ccc(NCc2ccc(OCC(C)C)c(Cn3nc(-c4ccccc4)cc3-c3ccccc3)c2)cc1F. The van der Waals surface area contributed by atoms with Gasteiger partial charge in [0.2, 0.25) is 0 Å². The van der Waals surface area contributed by atoms with E-state index in [2.05, 4.69) is 55.6 Å². The minimum Gasteiger partial charge on any atom is -0.493 e. The topological polar surface area (TPSA) is 65.4 Å². The number of aryl methyl sites for hydroxylation is 1. The number of aromatic nitrogens is 2.